The topological polar surface area (TPSA) is 20.0 Å². The number of rotatable bonds is 4. The van der Waals surface area contributed by atoms with Gasteiger partial charge in [-0.05, 0) is 61.9 Å². The summed E-state index contributed by atoms with van der Waals surface area (Å²) in [6, 6.07) is 27.6. The standard InChI is InChI=1S/C25H24N3/c1-19-18-23(14-15-24(19)25-20(2)26-16-17-27(25)3)28(21-10-6-4-7-11-21)22-12-8-5-9-13-22/h4-18H,1-3H3/q+1. The van der Waals surface area contributed by atoms with Crippen LogP contribution in [0.5, 0.6) is 0 Å². The summed E-state index contributed by atoms with van der Waals surface area (Å²) in [5.74, 6) is 0. The van der Waals surface area contributed by atoms with Gasteiger partial charge in [0.05, 0.1) is 11.8 Å². The molecule has 0 saturated heterocycles. The number of para-hydroxylation sites is 2. The molecule has 0 aliphatic rings. The van der Waals surface area contributed by atoms with E-state index >= 15 is 0 Å². The minimum atomic E-state index is 1.03. The molecule has 0 N–H and O–H groups in total. The molecule has 0 radical (unpaired) electrons. The maximum absolute atomic E-state index is 4.48. The molecular weight excluding hydrogens is 342 g/mol. The summed E-state index contributed by atoms with van der Waals surface area (Å²) in [7, 11) is 2.07. The van der Waals surface area contributed by atoms with E-state index in [-0.39, 0.29) is 0 Å². The number of aryl methyl sites for hydroxylation is 3. The fourth-order valence-corrected chi connectivity index (χ4v) is 3.67. The van der Waals surface area contributed by atoms with Gasteiger partial charge in [-0.3, -0.25) is 0 Å². The Bertz CT molecular complexity index is 1030. The molecule has 0 spiro atoms. The predicted octanol–water partition coefficient (Wildman–Crippen LogP) is 5.66. The van der Waals surface area contributed by atoms with E-state index in [1.807, 2.05) is 24.5 Å². The van der Waals surface area contributed by atoms with Gasteiger partial charge in [-0.2, -0.15) is 4.57 Å². The van der Waals surface area contributed by atoms with Crippen LogP contribution in [0.4, 0.5) is 17.1 Å². The van der Waals surface area contributed by atoms with Crippen molar-refractivity contribution in [2.24, 2.45) is 7.05 Å². The van der Waals surface area contributed by atoms with Crippen molar-refractivity contribution < 1.29 is 4.57 Å². The van der Waals surface area contributed by atoms with E-state index in [1.165, 1.54) is 11.1 Å². The molecule has 3 heteroatoms. The van der Waals surface area contributed by atoms with Crippen LogP contribution in [0.3, 0.4) is 0 Å². The molecule has 28 heavy (non-hydrogen) atoms. The number of hydrogen-bond acceptors (Lipinski definition) is 2. The first-order chi connectivity index (χ1) is 13.6. The minimum Gasteiger partial charge on any atom is -0.310 e. The Labute approximate surface area is 166 Å². The van der Waals surface area contributed by atoms with Crippen LogP contribution in [0.25, 0.3) is 11.3 Å². The fraction of sp³-hybridized carbons (Fsp3) is 0.120. The van der Waals surface area contributed by atoms with Gasteiger partial charge in [0.1, 0.15) is 12.7 Å². The Hall–Kier alpha value is -3.46. The van der Waals surface area contributed by atoms with Crippen molar-refractivity contribution in [3.8, 4) is 11.3 Å². The first-order valence-corrected chi connectivity index (χ1v) is 9.47. The van der Waals surface area contributed by atoms with E-state index in [4.69, 9.17) is 0 Å². The lowest BCUT2D eigenvalue weighted by Crippen LogP contribution is -2.32. The first-order valence-electron chi connectivity index (χ1n) is 9.47. The second-order valence-corrected chi connectivity index (χ2v) is 6.98. The van der Waals surface area contributed by atoms with Crippen molar-refractivity contribution in [3.05, 3.63) is 103 Å². The molecule has 4 aromatic rings. The molecule has 0 aliphatic heterocycles. The van der Waals surface area contributed by atoms with Gasteiger partial charge in [-0.1, -0.05) is 36.4 Å². The molecule has 0 fully saturated rings. The maximum Gasteiger partial charge on any atom is 0.233 e. The monoisotopic (exact) mass is 366 g/mol. The minimum absolute atomic E-state index is 1.03. The van der Waals surface area contributed by atoms with Crippen molar-refractivity contribution in [2.45, 2.75) is 13.8 Å². The molecule has 0 atom stereocenters. The van der Waals surface area contributed by atoms with Crippen molar-refractivity contribution in [3.63, 3.8) is 0 Å². The summed E-state index contributed by atoms with van der Waals surface area (Å²) in [6.07, 6.45) is 3.84. The second kappa shape index (κ2) is 7.65. The summed E-state index contributed by atoms with van der Waals surface area (Å²) in [5, 5.41) is 0. The molecule has 0 bridgehead atoms. The van der Waals surface area contributed by atoms with Gasteiger partial charge in [0.15, 0.2) is 6.20 Å². The Kier molecular flexibility index (Phi) is 4.90. The highest BCUT2D eigenvalue weighted by atomic mass is 15.1. The van der Waals surface area contributed by atoms with Crippen molar-refractivity contribution in [1.29, 1.82) is 0 Å². The van der Waals surface area contributed by atoms with Gasteiger partial charge >= 0.3 is 0 Å². The SMILES string of the molecule is Cc1cc(N(c2ccccc2)c2ccccc2)ccc1-c1c(C)ncc[n+]1C. The Balaban J connectivity index is 1.84. The third-order valence-corrected chi connectivity index (χ3v) is 5.01. The molecule has 1 heterocycles. The van der Waals surface area contributed by atoms with Crippen LogP contribution in [0, 0.1) is 13.8 Å². The van der Waals surface area contributed by atoms with Crippen molar-refractivity contribution in [1.82, 2.24) is 4.98 Å². The summed E-state index contributed by atoms with van der Waals surface area (Å²) >= 11 is 0. The van der Waals surface area contributed by atoms with E-state index in [2.05, 4.69) is 102 Å². The smallest absolute Gasteiger partial charge is 0.233 e. The van der Waals surface area contributed by atoms with Gasteiger partial charge in [0.2, 0.25) is 5.69 Å². The maximum atomic E-state index is 4.48. The molecule has 0 aliphatic carbocycles. The average Bonchev–Trinajstić information content (AvgIpc) is 2.71. The summed E-state index contributed by atoms with van der Waals surface area (Å²) in [4.78, 5) is 6.76. The van der Waals surface area contributed by atoms with Gasteiger partial charge < -0.3 is 4.90 Å². The van der Waals surface area contributed by atoms with E-state index in [0.717, 1.165) is 28.5 Å². The van der Waals surface area contributed by atoms with Crippen molar-refractivity contribution in [2.75, 3.05) is 4.90 Å². The predicted molar refractivity (Wildman–Crippen MR) is 115 cm³/mol. The van der Waals surface area contributed by atoms with E-state index in [0.29, 0.717) is 0 Å². The van der Waals surface area contributed by atoms with Gasteiger partial charge in [-0.15, -0.1) is 0 Å². The Morgan fingerprint density at radius 3 is 1.89 bits per heavy atom. The van der Waals surface area contributed by atoms with E-state index in [1.54, 1.807) is 0 Å². The molecule has 3 nitrogen and oxygen atoms in total. The highest BCUT2D eigenvalue weighted by Gasteiger charge is 2.19. The second-order valence-electron chi connectivity index (χ2n) is 6.98. The highest BCUT2D eigenvalue weighted by molar-refractivity contribution is 5.78. The van der Waals surface area contributed by atoms with Crippen LogP contribution >= 0.6 is 0 Å². The number of hydrogen-bond donors (Lipinski definition) is 0. The van der Waals surface area contributed by atoms with Crippen LogP contribution in [0.1, 0.15) is 11.3 Å². The molecule has 4 rings (SSSR count). The molecule has 0 unspecified atom stereocenters. The first kappa shape index (κ1) is 17.9. The molecule has 138 valence electrons. The average molecular weight is 366 g/mol. The lowest BCUT2D eigenvalue weighted by molar-refractivity contribution is -0.661. The molecule has 3 aromatic carbocycles. The quantitative estimate of drug-likeness (QED) is 0.434. The summed E-state index contributed by atoms with van der Waals surface area (Å²) in [5.41, 5.74) is 8.04. The Morgan fingerprint density at radius 1 is 0.750 bits per heavy atom. The van der Waals surface area contributed by atoms with Gasteiger partial charge in [-0.25, -0.2) is 4.98 Å². The molecule has 1 aromatic heterocycles. The number of benzene rings is 3. The van der Waals surface area contributed by atoms with Crippen molar-refractivity contribution >= 4 is 17.1 Å². The van der Waals surface area contributed by atoms with E-state index < -0.39 is 0 Å². The normalized spacial score (nSPS) is 10.7. The number of anilines is 3. The van der Waals surface area contributed by atoms with Crippen LogP contribution in [-0.4, -0.2) is 4.98 Å². The van der Waals surface area contributed by atoms with E-state index in [9.17, 15) is 0 Å². The number of nitrogens with zero attached hydrogens (tertiary/aromatic N) is 3. The number of aromatic nitrogens is 2. The van der Waals surface area contributed by atoms with Gasteiger partial charge in [0, 0.05) is 17.1 Å². The third kappa shape index (κ3) is 3.39. The lowest BCUT2D eigenvalue weighted by atomic mass is 10.0. The zero-order valence-electron chi connectivity index (χ0n) is 16.5. The molecular formula is C25H24N3+. The van der Waals surface area contributed by atoms with Gasteiger partial charge in [0.25, 0.3) is 0 Å². The zero-order chi connectivity index (χ0) is 19.5. The summed E-state index contributed by atoms with van der Waals surface area (Å²) < 4.78 is 2.14. The van der Waals surface area contributed by atoms with Crippen LogP contribution in [-0.2, 0) is 7.05 Å². The summed E-state index contributed by atoms with van der Waals surface area (Å²) in [6.45, 7) is 4.22. The van der Waals surface area contributed by atoms with Crippen LogP contribution in [0.15, 0.2) is 91.3 Å². The largest absolute Gasteiger partial charge is 0.310 e. The van der Waals surface area contributed by atoms with Crippen LogP contribution < -0.4 is 9.47 Å². The zero-order valence-corrected chi connectivity index (χ0v) is 16.5. The molecule has 0 saturated carbocycles. The Morgan fingerprint density at radius 2 is 1.36 bits per heavy atom. The molecule has 0 amide bonds. The third-order valence-electron chi connectivity index (χ3n) is 5.01. The fourth-order valence-electron chi connectivity index (χ4n) is 3.67. The highest BCUT2D eigenvalue weighted by Crippen LogP contribution is 2.36. The van der Waals surface area contributed by atoms with Crippen LogP contribution in [0.2, 0.25) is 0 Å². The lowest BCUT2D eigenvalue weighted by Gasteiger charge is -2.26.